The van der Waals surface area contributed by atoms with E-state index in [1.165, 1.54) is 0 Å². The van der Waals surface area contributed by atoms with Crippen LogP contribution in [0.2, 0.25) is 0 Å². The highest BCUT2D eigenvalue weighted by Crippen LogP contribution is 2.36. The molecule has 1 aliphatic heterocycles. The second kappa shape index (κ2) is 11.6. The molecule has 0 aliphatic carbocycles. The lowest BCUT2D eigenvalue weighted by Crippen LogP contribution is -2.37. The second-order valence-electron chi connectivity index (χ2n) is 10.8. The predicted octanol–water partition coefficient (Wildman–Crippen LogP) is 5.88. The Morgan fingerprint density at radius 1 is 0.977 bits per heavy atom. The quantitative estimate of drug-likeness (QED) is 0.169. The van der Waals surface area contributed by atoms with Crippen LogP contribution in [0.1, 0.15) is 39.8 Å². The van der Waals surface area contributed by atoms with E-state index in [4.69, 9.17) is 4.98 Å². The molecule has 4 heterocycles. The first-order valence-electron chi connectivity index (χ1n) is 14.6. The zero-order valence-electron chi connectivity index (χ0n) is 23.8. The number of nitrogens with zero attached hydrogens (tertiary/aromatic N) is 3. The van der Waals surface area contributed by atoms with Gasteiger partial charge in [0.2, 0.25) is 0 Å². The van der Waals surface area contributed by atoms with Crippen LogP contribution in [-0.2, 0) is 17.8 Å². The predicted molar refractivity (Wildman–Crippen MR) is 169 cm³/mol. The summed E-state index contributed by atoms with van der Waals surface area (Å²) in [4.78, 5) is 45.1. The van der Waals surface area contributed by atoms with Crippen LogP contribution < -0.4 is 5.32 Å². The Kier molecular flexibility index (Phi) is 7.21. The third kappa shape index (κ3) is 5.03. The molecule has 0 fully saturated rings. The van der Waals surface area contributed by atoms with Crippen LogP contribution in [0.15, 0.2) is 103 Å². The molecule has 1 atom stereocenters. The number of hydrogen-bond donors (Lipinski definition) is 4. The fraction of sp³-hybridized carbons (Fsp3) is 0.143. The number of H-pyrrole nitrogens is 2. The van der Waals surface area contributed by atoms with E-state index in [0.717, 1.165) is 50.5 Å². The zero-order valence-corrected chi connectivity index (χ0v) is 23.8. The number of aromatic amines is 2. The third-order valence-corrected chi connectivity index (χ3v) is 7.98. The van der Waals surface area contributed by atoms with Gasteiger partial charge in [0.1, 0.15) is 17.5 Å². The van der Waals surface area contributed by atoms with Gasteiger partial charge >= 0.3 is 0 Å². The highest BCUT2D eigenvalue weighted by atomic mass is 16.3. The number of carbonyl (C=O) groups is 2. The van der Waals surface area contributed by atoms with Crippen molar-refractivity contribution in [3.8, 4) is 22.5 Å². The van der Waals surface area contributed by atoms with Gasteiger partial charge in [-0.2, -0.15) is 0 Å². The summed E-state index contributed by atoms with van der Waals surface area (Å²) in [6, 6.07) is 27.5. The number of nitrogens with one attached hydrogen (secondary N) is 3. The van der Waals surface area contributed by atoms with E-state index in [-0.39, 0.29) is 18.4 Å². The van der Waals surface area contributed by atoms with Crippen molar-refractivity contribution in [2.45, 2.75) is 25.4 Å². The highest BCUT2D eigenvalue weighted by molar-refractivity contribution is 6.04. The van der Waals surface area contributed by atoms with E-state index in [0.29, 0.717) is 30.6 Å². The average molecular weight is 583 g/mol. The number of benzene rings is 3. The number of hydrogen-bond acceptors (Lipinski definition) is 5. The Bertz CT molecular complexity index is 1980. The van der Waals surface area contributed by atoms with Gasteiger partial charge in [-0.25, -0.2) is 9.97 Å². The summed E-state index contributed by atoms with van der Waals surface area (Å²) in [6.07, 6.45) is 4.78. The molecule has 3 aromatic carbocycles. The molecule has 0 saturated carbocycles. The molecular formula is C35H30N6O3. The number of aliphatic hydroxyl groups is 1. The minimum atomic E-state index is -0.815. The van der Waals surface area contributed by atoms with Crippen molar-refractivity contribution in [1.82, 2.24) is 24.8 Å². The molecular weight excluding hydrogens is 552 g/mol. The molecule has 9 nitrogen and oxygen atoms in total. The maximum atomic E-state index is 14.0. The maximum absolute atomic E-state index is 14.0. The van der Waals surface area contributed by atoms with Gasteiger partial charge in [0.15, 0.2) is 0 Å². The number of rotatable bonds is 9. The number of anilines is 1. The molecule has 44 heavy (non-hydrogen) atoms. The summed E-state index contributed by atoms with van der Waals surface area (Å²) in [5.41, 5.74) is 6.94. The van der Waals surface area contributed by atoms with Crippen LogP contribution in [0.4, 0.5) is 5.69 Å². The fourth-order valence-electron chi connectivity index (χ4n) is 5.92. The van der Waals surface area contributed by atoms with Gasteiger partial charge in [-0.15, -0.1) is 0 Å². The van der Waals surface area contributed by atoms with Crippen molar-refractivity contribution in [3.63, 3.8) is 0 Å². The molecule has 7 rings (SSSR count). The van der Waals surface area contributed by atoms with E-state index >= 15 is 0 Å². The van der Waals surface area contributed by atoms with Gasteiger partial charge in [0, 0.05) is 59.7 Å². The molecule has 9 heteroatoms. The lowest BCUT2D eigenvalue weighted by Gasteiger charge is -2.27. The Balaban J connectivity index is 1.23. The van der Waals surface area contributed by atoms with Crippen molar-refractivity contribution < 1.29 is 14.7 Å². The Morgan fingerprint density at radius 2 is 1.82 bits per heavy atom. The minimum Gasteiger partial charge on any atom is -0.396 e. The van der Waals surface area contributed by atoms with Gasteiger partial charge < -0.3 is 25.3 Å². The molecule has 1 aliphatic rings. The van der Waals surface area contributed by atoms with Gasteiger partial charge in [-0.3, -0.25) is 9.59 Å². The van der Waals surface area contributed by atoms with Gasteiger partial charge in [0.05, 0.1) is 11.4 Å². The molecule has 6 aromatic rings. The first-order valence-corrected chi connectivity index (χ1v) is 14.6. The Labute approximate surface area is 253 Å². The molecule has 0 spiro atoms. The van der Waals surface area contributed by atoms with Gasteiger partial charge in [-0.05, 0) is 47.9 Å². The SMILES string of the molecule is O=C(Nc1cccc(-c2nc(CCCO)[nH]c2-c2ccnc3[nH]ccc23)c1)C(c1ccccc1)N1Cc2ccccc2C1=O. The van der Waals surface area contributed by atoms with E-state index in [9.17, 15) is 14.7 Å². The lowest BCUT2D eigenvalue weighted by molar-refractivity contribution is -0.120. The van der Waals surface area contributed by atoms with E-state index in [1.54, 1.807) is 17.2 Å². The van der Waals surface area contributed by atoms with E-state index < -0.39 is 6.04 Å². The number of pyridine rings is 1. The lowest BCUT2D eigenvalue weighted by atomic mass is 10.0. The van der Waals surface area contributed by atoms with E-state index in [1.807, 2.05) is 91.1 Å². The van der Waals surface area contributed by atoms with Crippen LogP contribution in [0, 0.1) is 0 Å². The van der Waals surface area contributed by atoms with Crippen molar-refractivity contribution in [3.05, 3.63) is 126 Å². The highest BCUT2D eigenvalue weighted by Gasteiger charge is 2.37. The summed E-state index contributed by atoms with van der Waals surface area (Å²) in [6.45, 7) is 0.423. The number of carbonyl (C=O) groups excluding carboxylic acids is 2. The molecule has 218 valence electrons. The monoisotopic (exact) mass is 582 g/mol. The number of fused-ring (bicyclic) bond motifs is 2. The molecule has 0 bridgehead atoms. The first kappa shape index (κ1) is 27.3. The maximum Gasteiger partial charge on any atom is 0.255 e. The van der Waals surface area contributed by atoms with Gasteiger partial charge in [0.25, 0.3) is 11.8 Å². The number of aliphatic hydroxyl groups excluding tert-OH is 1. The average Bonchev–Trinajstić information content (AvgIpc) is 3.79. The summed E-state index contributed by atoms with van der Waals surface area (Å²) in [7, 11) is 0. The van der Waals surface area contributed by atoms with E-state index in [2.05, 4.69) is 20.3 Å². The van der Waals surface area contributed by atoms with Crippen molar-refractivity contribution in [2.75, 3.05) is 11.9 Å². The molecule has 0 radical (unpaired) electrons. The Morgan fingerprint density at radius 3 is 2.66 bits per heavy atom. The standard InChI is InChI=1S/C35H30N6O3/c42-19-7-14-29-39-30(31(40-29)27-15-17-36-33-28(27)16-18-37-33)23-11-6-12-25(20-23)38-34(43)32(22-8-2-1-3-9-22)41-21-24-10-4-5-13-26(24)35(41)44/h1-6,8-13,15-18,20,32,42H,7,14,19,21H2,(H,36,37)(H,38,43)(H,39,40). The Hall–Kier alpha value is -5.54. The van der Waals surface area contributed by atoms with Crippen molar-refractivity contribution in [1.29, 1.82) is 0 Å². The summed E-state index contributed by atoms with van der Waals surface area (Å²) in [5.74, 6) is 0.294. The number of amides is 2. The molecule has 3 aromatic heterocycles. The number of imidazole rings is 1. The minimum absolute atomic E-state index is 0.0668. The van der Waals surface area contributed by atoms with Crippen molar-refractivity contribution >= 4 is 28.5 Å². The zero-order chi connectivity index (χ0) is 30.0. The second-order valence-corrected chi connectivity index (χ2v) is 10.8. The number of aromatic nitrogens is 4. The summed E-state index contributed by atoms with van der Waals surface area (Å²) < 4.78 is 0. The van der Waals surface area contributed by atoms with Crippen molar-refractivity contribution in [2.24, 2.45) is 0 Å². The fourth-order valence-corrected chi connectivity index (χ4v) is 5.92. The molecule has 0 saturated heterocycles. The summed E-state index contributed by atoms with van der Waals surface area (Å²) in [5, 5.41) is 13.5. The molecule has 2 amide bonds. The molecule has 4 N–H and O–H groups in total. The number of aryl methyl sites for hydroxylation is 1. The third-order valence-electron chi connectivity index (χ3n) is 7.98. The van der Waals surface area contributed by atoms with Crippen LogP contribution in [-0.4, -0.2) is 48.4 Å². The normalized spacial score (nSPS) is 13.3. The van der Waals surface area contributed by atoms with Crippen LogP contribution in [0.25, 0.3) is 33.5 Å². The molecule has 1 unspecified atom stereocenters. The largest absolute Gasteiger partial charge is 0.396 e. The van der Waals surface area contributed by atoms with Gasteiger partial charge in [-0.1, -0.05) is 60.7 Å². The van der Waals surface area contributed by atoms with Crippen LogP contribution in [0.5, 0.6) is 0 Å². The van der Waals surface area contributed by atoms with Crippen LogP contribution >= 0.6 is 0 Å². The van der Waals surface area contributed by atoms with Crippen LogP contribution in [0.3, 0.4) is 0 Å². The smallest absolute Gasteiger partial charge is 0.255 e. The summed E-state index contributed by atoms with van der Waals surface area (Å²) >= 11 is 0. The topological polar surface area (TPSA) is 127 Å². The first-order chi connectivity index (χ1) is 21.6.